The minimum atomic E-state index is -1.79. The smallest absolute Gasteiger partial charge is 0.453 e. The minimum Gasteiger partial charge on any atom is -0.453 e. The molecule has 3 rings (SSSR count). The van der Waals surface area contributed by atoms with Crippen LogP contribution in [0.3, 0.4) is 0 Å². The van der Waals surface area contributed by atoms with Gasteiger partial charge in [-0.3, -0.25) is 9.69 Å². The van der Waals surface area contributed by atoms with Crippen molar-refractivity contribution in [1.82, 2.24) is 20.0 Å². The van der Waals surface area contributed by atoms with Crippen LogP contribution in [-0.4, -0.2) is 114 Å². The molecule has 1 aromatic rings. The Balaban J connectivity index is 1.61. The molecule has 0 bridgehead atoms. The summed E-state index contributed by atoms with van der Waals surface area (Å²) in [6, 6.07) is 10.8. The van der Waals surface area contributed by atoms with Gasteiger partial charge in [0.15, 0.2) is 0 Å². The van der Waals surface area contributed by atoms with Crippen LogP contribution >= 0.6 is 0 Å². The highest BCUT2D eigenvalue weighted by Crippen LogP contribution is 2.24. The molecule has 2 saturated heterocycles. The van der Waals surface area contributed by atoms with Crippen LogP contribution in [0.5, 0.6) is 0 Å². The Morgan fingerprint density at radius 2 is 1.83 bits per heavy atom. The predicted octanol–water partition coefficient (Wildman–Crippen LogP) is 1.33. The zero-order valence-electron chi connectivity index (χ0n) is 24.0. The minimum absolute atomic E-state index is 0.00748. The summed E-state index contributed by atoms with van der Waals surface area (Å²) in [6.07, 6.45) is 2.88. The lowest BCUT2D eigenvalue weighted by Crippen LogP contribution is -2.55. The van der Waals surface area contributed by atoms with Crippen LogP contribution in [0.2, 0.25) is 0 Å². The molecule has 12 nitrogen and oxygen atoms in total. The van der Waals surface area contributed by atoms with Crippen LogP contribution in [-0.2, 0) is 20.7 Å². The molecule has 2 fully saturated rings. The number of nitrogens with one attached hydrogen (secondary N) is 1. The van der Waals surface area contributed by atoms with Crippen LogP contribution in [0.1, 0.15) is 38.7 Å². The first-order chi connectivity index (χ1) is 19.6. The molecule has 0 saturated carbocycles. The molecule has 13 heteroatoms. The number of ether oxygens (including phenoxy) is 2. The van der Waals surface area contributed by atoms with Gasteiger partial charge < -0.3 is 34.6 Å². The number of piperidine rings is 1. The second-order valence-corrected chi connectivity index (χ2v) is 10.9. The third-order valence-electron chi connectivity index (χ3n) is 7.63. The highest BCUT2D eigenvalue weighted by Gasteiger charge is 2.35. The van der Waals surface area contributed by atoms with Crippen molar-refractivity contribution in [2.24, 2.45) is 0 Å². The van der Waals surface area contributed by atoms with Gasteiger partial charge in [0.05, 0.1) is 19.1 Å². The van der Waals surface area contributed by atoms with Crippen molar-refractivity contribution in [3.63, 3.8) is 0 Å². The molecule has 0 aliphatic carbocycles. The molecule has 2 aliphatic rings. The van der Waals surface area contributed by atoms with E-state index >= 15 is 0 Å². The standard InChI is InChI=1S/C28H40BN5O7/c1-28(2,33-15-13-32(14-16-33)27(37)40-3)18-22(19-30)25(35)34-12-8-7-11-23(34)20-41-26(36)31-24(29(38)39)17-21-9-5-4-6-10-21/h4-6,9-10,18,23-24,38-39H,7-8,11-17,20H2,1-3H3,(H,31,36)/b22-18+/t23-,24+/m1/s1. The summed E-state index contributed by atoms with van der Waals surface area (Å²) < 4.78 is 10.2. The van der Waals surface area contributed by atoms with Crippen molar-refractivity contribution in [3.8, 4) is 6.07 Å². The number of nitrogens with zero attached hydrogens (tertiary/aromatic N) is 4. The highest BCUT2D eigenvalue weighted by molar-refractivity contribution is 6.43. The van der Waals surface area contributed by atoms with Gasteiger partial charge in [-0.2, -0.15) is 5.26 Å². The van der Waals surface area contributed by atoms with Crippen LogP contribution < -0.4 is 5.32 Å². The van der Waals surface area contributed by atoms with Crippen molar-refractivity contribution >= 4 is 25.2 Å². The van der Waals surface area contributed by atoms with Gasteiger partial charge in [0.2, 0.25) is 0 Å². The van der Waals surface area contributed by atoms with E-state index in [0.717, 1.165) is 18.4 Å². The fourth-order valence-electron chi connectivity index (χ4n) is 5.24. The Labute approximate surface area is 241 Å². The Morgan fingerprint density at radius 3 is 2.44 bits per heavy atom. The van der Waals surface area contributed by atoms with E-state index in [4.69, 9.17) is 9.47 Å². The maximum atomic E-state index is 13.5. The average Bonchev–Trinajstić information content (AvgIpc) is 2.98. The van der Waals surface area contributed by atoms with Gasteiger partial charge in [-0.25, -0.2) is 9.59 Å². The van der Waals surface area contributed by atoms with E-state index in [1.54, 1.807) is 15.9 Å². The Bertz CT molecular complexity index is 1120. The number of rotatable bonds is 9. The molecule has 1 aromatic carbocycles. The molecule has 2 aliphatic heterocycles. The molecular weight excluding hydrogens is 529 g/mol. The predicted molar refractivity (Wildman–Crippen MR) is 151 cm³/mol. The van der Waals surface area contributed by atoms with Crippen molar-refractivity contribution < 1.29 is 33.9 Å². The normalized spacial score (nSPS) is 19.1. The molecule has 2 atom stereocenters. The van der Waals surface area contributed by atoms with E-state index in [-0.39, 0.29) is 24.7 Å². The summed E-state index contributed by atoms with van der Waals surface area (Å²) in [5.41, 5.74) is 0.205. The lowest BCUT2D eigenvalue weighted by molar-refractivity contribution is -0.131. The van der Waals surface area contributed by atoms with E-state index in [0.29, 0.717) is 39.1 Å². The zero-order valence-corrected chi connectivity index (χ0v) is 24.0. The number of amides is 3. The van der Waals surface area contributed by atoms with Gasteiger partial charge in [-0.05, 0) is 51.2 Å². The van der Waals surface area contributed by atoms with Crippen molar-refractivity contribution in [1.29, 1.82) is 5.26 Å². The van der Waals surface area contributed by atoms with E-state index < -0.39 is 36.6 Å². The lowest BCUT2D eigenvalue weighted by Gasteiger charge is -2.42. The number of nitriles is 1. The SMILES string of the molecule is COC(=O)N1CCN(C(C)(C)/C=C(\C#N)C(=O)N2CCCC[C@@H]2COC(=O)N[C@@H](Cc2ccccc2)B(O)O)CC1. The number of hydrogen-bond donors (Lipinski definition) is 3. The third kappa shape index (κ3) is 8.95. The van der Waals surface area contributed by atoms with Gasteiger partial charge in [-0.15, -0.1) is 0 Å². The average molecular weight is 569 g/mol. The summed E-state index contributed by atoms with van der Waals surface area (Å²) in [7, 11) is -0.439. The van der Waals surface area contributed by atoms with Crippen molar-refractivity contribution in [2.75, 3.05) is 46.4 Å². The quantitative estimate of drug-likeness (QED) is 0.227. The summed E-state index contributed by atoms with van der Waals surface area (Å²) in [5, 5.41) is 31.9. The summed E-state index contributed by atoms with van der Waals surface area (Å²) in [4.78, 5) is 43.2. The van der Waals surface area contributed by atoms with E-state index in [1.807, 2.05) is 44.2 Å². The molecule has 2 heterocycles. The Morgan fingerprint density at radius 1 is 1.15 bits per heavy atom. The number of hydrogen-bond acceptors (Lipinski definition) is 9. The number of piperazine rings is 1. The van der Waals surface area contributed by atoms with Crippen molar-refractivity contribution in [3.05, 3.63) is 47.5 Å². The maximum absolute atomic E-state index is 13.5. The molecule has 3 amide bonds. The Kier molecular flexibility index (Phi) is 11.6. The first-order valence-electron chi connectivity index (χ1n) is 13.9. The van der Waals surface area contributed by atoms with Gasteiger partial charge in [-0.1, -0.05) is 30.3 Å². The fraction of sp³-hybridized carbons (Fsp3) is 0.571. The van der Waals surface area contributed by atoms with Gasteiger partial charge >= 0.3 is 19.3 Å². The van der Waals surface area contributed by atoms with Gasteiger partial charge in [0.1, 0.15) is 18.2 Å². The zero-order chi connectivity index (χ0) is 30.0. The van der Waals surface area contributed by atoms with Gasteiger partial charge in [0.25, 0.3) is 5.91 Å². The Hall–Kier alpha value is -3.60. The summed E-state index contributed by atoms with van der Waals surface area (Å²) in [5.74, 6) is -1.39. The third-order valence-corrected chi connectivity index (χ3v) is 7.63. The summed E-state index contributed by atoms with van der Waals surface area (Å²) >= 11 is 0. The molecule has 3 N–H and O–H groups in total. The number of carbonyl (C=O) groups is 3. The molecule has 0 unspecified atom stereocenters. The topological polar surface area (TPSA) is 156 Å². The van der Waals surface area contributed by atoms with Crippen molar-refractivity contribution in [2.45, 2.75) is 57.1 Å². The molecular formula is C28H40BN5O7. The molecule has 0 spiro atoms. The highest BCUT2D eigenvalue weighted by atomic mass is 16.6. The number of alkyl carbamates (subject to hydrolysis) is 1. The number of methoxy groups -OCH3 is 1. The molecule has 0 aromatic heterocycles. The van der Waals surface area contributed by atoms with Crippen LogP contribution in [0, 0.1) is 11.3 Å². The fourth-order valence-corrected chi connectivity index (χ4v) is 5.24. The first-order valence-corrected chi connectivity index (χ1v) is 13.9. The molecule has 0 radical (unpaired) electrons. The summed E-state index contributed by atoms with van der Waals surface area (Å²) in [6.45, 7) is 6.28. The van der Waals surface area contributed by atoms with Gasteiger partial charge in [0, 0.05) is 38.3 Å². The maximum Gasteiger partial charge on any atom is 0.475 e. The molecule has 222 valence electrons. The number of likely N-dealkylation sites (tertiary alicyclic amines) is 1. The van der Waals surface area contributed by atoms with Crippen LogP contribution in [0.4, 0.5) is 9.59 Å². The molecule has 41 heavy (non-hydrogen) atoms. The van der Waals surface area contributed by atoms with Crippen LogP contribution in [0.25, 0.3) is 0 Å². The first kappa shape index (κ1) is 31.9. The lowest BCUT2D eigenvalue weighted by atomic mass is 9.76. The largest absolute Gasteiger partial charge is 0.475 e. The second kappa shape index (κ2) is 14.9. The number of benzene rings is 1. The van der Waals surface area contributed by atoms with E-state index in [1.165, 1.54) is 7.11 Å². The van der Waals surface area contributed by atoms with E-state index in [9.17, 15) is 29.7 Å². The second-order valence-electron chi connectivity index (χ2n) is 10.9. The van der Waals surface area contributed by atoms with Crippen LogP contribution in [0.15, 0.2) is 42.0 Å². The van der Waals surface area contributed by atoms with E-state index in [2.05, 4.69) is 16.3 Å². The number of carbonyl (C=O) groups excluding carboxylic acids is 3. The monoisotopic (exact) mass is 569 g/mol.